The Morgan fingerprint density at radius 1 is 1.50 bits per heavy atom. The van der Waals surface area contributed by atoms with Crippen molar-refractivity contribution >= 4 is 0 Å². The van der Waals surface area contributed by atoms with Crippen LogP contribution in [-0.2, 0) is 0 Å². The molecule has 1 aromatic rings. The second kappa shape index (κ2) is 6.16. The molecule has 3 nitrogen and oxygen atoms in total. The molecule has 2 rings (SSSR count). The number of aryl methyl sites for hydroxylation is 1. The van der Waals surface area contributed by atoms with Crippen molar-refractivity contribution in [1.82, 2.24) is 5.32 Å². The lowest BCUT2D eigenvalue weighted by Gasteiger charge is -2.16. The molecule has 1 atom stereocenters. The maximum absolute atomic E-state index is 12.9. The van der Waals surface area contributed by atoms with Crippen LogP contribution in [0.25, 0.3) is 0 Å². The van der Waals surface area contributed by atoms with Gasteiger partial charge in [0.1, 0.15) is 11.6 Å². The quantitative estimate of drug-likeness (QED) is 0.781. The fourth-order valence-electron chi connectivity index (χ4n) is 1.90. The lowest BCUT2D eigenvalue weighted by atomic mass is 10.2. The van der Waals surface area contributed by atoms with E-state index < -0.39 is 0 Å². The van der Waals surface area contributed by atoms with Crippen molar-refractivity contribution in [2.75, 3.05) is 13.2 Å². The van der Waals surface area contributed by atoms with Gasteiger partial charge in [-0.15, -0.1) is 0 Å². The molecular weight excluding hydrogens is 233 g/mol. The van der Waals surface area contributed by atoms with Gasteiger partial charge in [-0.1, -0.05) is 0 Å². The Bertz CT molecular complexity index is 393. The van der Waals surface area contributed by atoms with E-state index in [4.69, 9.17) is 4.74 Å². The Labute approximate surface area is 107 Å². The molecule has 0 radical (unpaired) electrons. The van der Waals surface area contributed by atoms with Crippen molar-refractivity contribution in [3.63, 3.8) is 0 Å². The van der Waals surface area contributed by atoms with E-state index in [-0.39, 0.29) is 18.5 Å². The number of nitrogens with one attached hydrogen (secondary N) is 1. The summed E-state index contributed by atoms with van der Waals surface area (Å²) < 4.78 is 18.5. The van der Waals surface area contributed by atoms with Gasteiger partial charge in [0.25, 0.3) is 0 Å². The van der Waals surface area contributed by atoms with Crippen LogP contribution in [0.1, 0.15) is 24.8 Å². The number of aliphatic hydroxyl groups is 1. The minimum Gasteiger partial charge on any atom is -0.493 e. The molecule has 1 aliphatic rings. The topological polar surface area (TPSA) is 41.5 Å². The highest BCUT2D eigenvalue weighted by Gasteiger charge is 2.24. The first-order valence-corrected chi connectivity index (χ1v) is 6.45. The zero-order valence-electron chi connectivity index (χ0n) is 10.7. The standard InChI is InChI=1S/C14H20FNO2/c1-10-8-11(15)2-5-14(10)18-7-6-13(9-17)16-12-3-4-12/h2,5,8,12-13,16-17H,3-4,6-7,9H2,1H3. The van der Waals surface area contributed by atoms with Crippen molar-refractivity contribution in [2.45, 2.75) is 38.3 Å². The van der Waals surface area contributed by atoms with Crippen LogP contribution in [-0.4, -0.2) is 30.4 Å². The van der Waals surface area contributed by atoms with Gasteiger partial charge in [-0.25, -0.2) is 4.39 Å². The van der Waals surface area contributed by atoms with Gasteiger partial charge < -0.3 is 15.2 Å². The third-order valence-corrected chi connectivity index (χ3v) is 3.13. The molecule has 0 saturated heterocycles. The number of rotatable bonds is 7. The van der Waals surface area contributed by atoms with Gasteiger partial charge in [0.05, 0.1) is 13.2 Å². The second-order valence-corrected chi connectivity index (χ2v) is 4.87. The van der Waals surface area contributed by atoms with Crippen LogP contribution in [0.15, 0.2) is 18.2 Å². The molecule has 4 heteroatoms. The fourth-order valence-corrected chi connectivity index (χ4v) is 1.90. The van der Waals surface area contributed by atoms with Gasteiger partial charge in [0.2, 0.25) is 0 Å². The van der Waals surface area contributed by atoms with Gasteiger partial charge in [-0.3, -0.25) is 0 Å². The Balaban J connectivity index is 1.76. The van der Waals surface area contributed by atoms with Gasteiger partial charge >= 0.3 is 0 Å². The van der Waals surface area contributed by atoms with Crippen LogP contribution >= 0.6 is 0 Å². The number of hydrogen-bond acceptors (Lipinski definition) is 3. The smallest absolute Gasteiger partial charge is 0.123 e. The van der Waals surface area contributed by atoms with Crippen molar-refractivity contribution in [3.05, 3.63) is 29.6 Å². The van der Waals surface area contributed by atoms with Gasteiger partial charge in [0.15, 0.2) is 0 Å². The van der Waals surface area contributed by atoms with Crippen LogP contribution in [0.5, 0.6) is 5.75 Å². The number of ether oxygens (including phenoxy) is 1. The van der Waals surface area contributed by atoms with E-state index in [0.717, 1.165) is 12.0 Å². The molecule has 100 valence electrons. The molecule has 0 aromatic heterocycles. The average molecular weight is 253 g/mol. The van der Waals surface area contributed by atoms with Crippen molar-refractivity contribution in [2.24, 2.45) is 0 Å². The van der Waals surface area contributed by atoms with Crippen LogP contribution in [0.2, 0.25) is 0 Å². The lowest BCUT2D eigenvalue weighted by molar-refractivity contribution is 0.207. The predicted molar refractivity (Wildman–Crippen MR) is 68.3 cm³/mol. The zero-order valence-corrected chi connectivity index (χ0v) is 10.7. The average Bonchev–Trinajstić information content (AvgIpc) is 3.14. The normalized spacial score (nSPS) is 16.6. The Hall–Kier alpha value is -1.13. The summed E-state index contributed by atoms with van der Waals surface area (Å²) in [5.41, 5.74) is 0.797. The van der Waals surface area contributed by atoms with Crippen molar-refractivity contribution in [3.8, 4) is 5.75 Å². The van der Waals surface area contributed by atoms with Crippen LogP contribution in [0.3, 0.4) is 0 Å². The van der Waals surface area contributed by atoms with E-state index in [1.165, 1.54) is 25.0 Å². The molecule has 0 amide bonds. The SMILES string of the molecule is Cc1cc(F)ccc1OCCC(CO)NC1CC1. The second-order valence-electron chi connectivity index (χ2n) is 4.87. The summed E-state index contributed by atoms with van der Waals surface area (Å²) in [5.74, 6) is 0.461. The summed E-state index contributed by atoms with van der Waals surface area (Å²) >= 11 is 0. The first kappa shape index (κ1) is 13.3. The lowest BCUT2D eigenvalue weighted by Crippen LogP contribution is -2.35. The van der Waals surface area contributed by atoms with Crippen molar-refractivity contribution < 1.29 is 14.2 Å². The molecule has 2 N–H and O–H groups in total. The molecule has 1 unspecified atom stereocenters. The molecule has 0 aliphatic heterocycles. The van der Waals surface area contributed by atoms with Crippen LogP contribution in [0, 0.1) is 12.7 Å². The molecule has 1 aliphatic carbocycles. The van der Waals surface area contributed by atoms with E-state index in [1.807, 2.05) is 6.92 Å². The molecule has 0 bridgehead atoms. The monoisotopic (exact) mass is 253 g/mol. The number of benzene rings is 1. The van der Waals surface area contributed by atoms with E-state index in [1.54, 1.807) is 6.07 Å². The zero-order chi connectivity index (χ0) is 13.0. The first-order chi connectivity index (χ1) is 8.69. The van der Waals surface area contributed by atoms with Crippen LogP contribution < -0.4 is 10.1 Å². The molecule has 1 aromatic carbocycles. The number of hydrogen-bond donors (Lipinski definition) is 2. The van der Waals surface area contributed by atoms with E-state index in [9.17, 15) is 9.50 Å². The van der Waals surface area contributed by atoms with Gasteiger partial charge in [-0.2, -0.15) is 0 Å². The van der Waals surface area contributed by atoms with Gasteiger partial charge in [0, 0.05) is 12.1 Å². The maximum atomic E-state index is 12.9. The van der Waals surface area contributed by atoms with Gasteiger partial charge in [-0.05, 0) is 49.9 Å². The molecule has 0 spiro atoms. The molecular formula is C14H20FNO2. The molecule has 0 heterocycles. The Kier molecular flexibility index (Phi) is 4.55. The summed E-state index contributed by atoms with van der Waals surface area (Å²) in [6, 6.07) is 5.18. The Morgan fingerprint density at radius 2 is 2.28 bits per heavy atom. The number of halogens is 1. The number of aliphatic hydroxyl groups excluding tert-OH is 1. The van der Waals surface area contributed by atoms with E-state index in [0.29, 0.717) is 18.4 Å². The summed E-state index contributed by atoms with van der Waals surface area (Å²) in [4.78, 5) is 0. The summed E-state index contributed by atoms with van der Waals surface area (Å²) in [7, 11) is 0. The third kappa shape index (κ3) is 3.96. The third-order valence-electron chi connectivity index (χ3n) is 3.13. The molecule has 1 fully saturated rings. The fraction of sp³-hybridized carbons (Fsp3) is 0.571. The highest BCUT2D eigenvalue weighted by Crippen LogP contribution is 2.21. The largest absolute Gasteiger partial charge is 0.493 e. The molecule has 18 heavy (non-hydrogen) atoms. The van der Waals surface area contributed by atoms with Crippen LogP contribution in [0.4, 0.5) is 4.39 Å². The highest BCUT2D eigenvalue weighted by atomic mass is 19.1. The summed E-state index contributed by atoms with van der Waals surface area (Å²) in [6.07, 6.45) is 3.16. The Morgan fingerprint density at radius 3 is 2.89 bits per heavy atom. The highest BCUT2D eigenvalue weighted by molar-refractivity contribution is 5.32. The minimum absolute atomic E-state index is 0.0956. The predicted octanol–water partition coefficient (Wildman–Crippen LogP) is 2.02. The minimum atomic E-state index is -0.247. The van der Waals surface area contributed by atoms with E-state index >= 15 is 0 Å². The maximum Gasteiger partial charge on any atom is 0.123 e. The summed E-state index contributed by atoms with van der Waals surface area (Å²) in [6.45, 7) is 2.48. The van der Waals surface area contributed by atoms with Crippen molar-refractivity contribution in [1.29, 1.82) is 0 Å². The first-order valence-electron chi connectivity index (χ1n) is 6.45. The molecule has 1 saturated carbocycles. The van der Waals surface area contributed by atoms with E-state index in [2.05, 4.69) is 5.32 Å². The summed E-state index contributed by atoms with van der Waals surface area (Å²) in [5, 5.41) is 12.6.